The first-order valence-electron chi connectivity index (χ1n) is 14.0. The maximum atomic E-state index is 14.3. The van der Waals surface area contributed by atoms with Crippen LogP contribution in [-0.2, 0) is 21.4 Å². The molecule has 2 aromatic carbocycles. The van der Waals surface area contributed by atoms with Gasteiger partial charge in [-0.15, -0.1) is 0 Å². The fourth-order valence-electron chi connectivity index (χ4n) is 7.49. The lowest BCUT2D eigenvalue weighted by Crippen LogP contribution is -2.78. The Balaban J connectivity index is 1.14. The van der Waals surface area contributed by atoms with Crippen LogP contribution in [0.15, 0.2) is 58.4 Å². The van der Waals surface area contributed by atoms with Crippen molar-refractivity contribution in [3.63, 3.8) is 0 Å². The maximum Gasteiger partial charge on any atom is 0.249 e. The van der Waals surface area contributed by atoms with E-state index < -0.39 is 33.0 Å². The van der Waals surface area contributed by atoms with Crippen LogP contribution in [0.5, 0.6) is 0 Å². The van der Waals surface area contributed by atoms with E-state index in [9.17, 15) is 17.6 Å². The number of amides is 1. The molecular weight excluding hydrogens is 551 g/mol. The molecule has 1 N–H and O–H groups in total. The van der Waals surface area contributed by atoms with Crippen molar-refractivity contribution in [3.05, 3.63) is 64.9 Å². The van der Waals surface area contributed by atoms with Crippen LogP contribution in [0.4, 0.5) is 4.39 Å². The second kappa shape index (κ2) is 8.52. The number of halogens is 2. The lowest BCUT2D eigenvalue weighted by atomic mass is 9.38. The number of hydrogen-bond acceptors (Lipinski definition) is 5. The molecule has 2 bridgehead atoms. The molecule has 2 heterocycles. The number of benzene rings is 2. The number of carbonyl (C=O) groups excluding carboxylic acids is 1. The Morgan fingerprint density at radius 1 is 1.12 bits per heavy atom. The largest absolute Gasteiger partial charge is 0.366 e. The summed E-state index contributed by atoms with van der Waals surface area (Å²) in [6.45, 7) is 5.75. The number of rotatable bonds is 7. The van der Waals surface area contributed by atoms with Gasteiger partial charge in [-0.3, -0.25) is 9.79 Å². The lowest BCUT2D eigenvalue weighted by Gasteiger charge is -2.73. The van der Waals surface area contributed by atoms with Gasteiger partial charge in [0.15, 0.2) is 6.04 Å². The predicted molar refractivity (Wildman–Crippen MR) is 151 cm³/mol. The van der Waals surface area contributed by atoms with Crippen molar-refractivity contribution in [1.29, 1.82) is 0 Å². The third kappa shape index (κ3) is 3.95. The normalized spacial score (nSPS) is 31.0. The van der Waals surface area contributed by atoms with Crippen LogP contribution >= 0.6 is 11.6 Å². The molecule has 0 radical (unpaired) electrons. The van der Waals surface area contributed by atoms with Gasteiger partial charge in [-0.2, -0.15) is 4.31 Å². The zero-order chi connectivity index (χ0) is 28.1. The Morgan fingerprint density at radius 2 is 1.82 bits per heavy atom. The molecule has 10 heteroatoms. The van der Waals surface area contributed by atoms with Crippen LogP contribution in [0.3, 0.4) is 0 Å². The fourth-order valence-corrected chi connectivity index (χ4v) is 9.39. The van der Waals surface area contributed by atoms with E-state index in [4.69, 9.17) is 16.6 Å². The number of nitrogens with one attached hydrogen (secondary N) is 1. The van der Waals surface area contributed by atoms with Gasteiger partial charge < -0.3 is 10.2 Å². The average molecular weight is 585 g/mol. The minimum atomic E-state index is -3.86. The van der Waals surface area contributed by atoms with Crippen molar-refractivity contribution >= 4 is 33.4 Å². The monoisotopic (exact) mass is 584 g/mol. The molecule has 40 heavy (non-hydrogen) atoms. The number of likely N-dealkylation sites (tertiary alicyclic amines) is 1. The van der Waals surface area contributed by atoms with Crippen molar-refractivity contribution in [3.8, 4) is 0 Å². The highest BCUT2D eigenvalue weighted by Crippen LogP contribution is 2.71. The third-order valence-electron chi connectivity index (χ3n) is 10.00. The second-order valence-electron chi connectivity index (χ2n) is 13.3. The first-order chi connectivity index (χ1) is 18.9. The molecule has 1 saturated heterocycles. The van der Waals surface area contributed by atoms with Crippen molar-refractivity contribution in [2.45, 2.75) is 80.9 Å². The van der Waals surface area contributed by atoms with Crippen LogP contribution in [0.1, 0.15) is 57.9 Å². The summed E-state index contributed by atoms with van der Waals surface area (Å²) in [5.41, 5.74) is -0.467. The number of aliphatic imine (C=N–C) groups is 1. The third-order valence-corrected chi connectivity index (χ3v) is 12.3. The summed E-state index contributed by atoms with van der Waals surface area (Å²) in [5, 5.41) is 3.57. The van der Waals surface area contributed by atoms with E-state index in [0.29, 0.717) is 30.2 Å². The molecule has 2 aliphatic heterocycles. The van der Waals surface area contributed by atoms with Gasteiger partial charge in [0.05, 0.1) is 15.5 Å². The highest BCUT2D eigenvalue weighted by Gasteiger charge is 2.75. The number of amidine groups is 1. The Morgan fingerprint density at radius 3 is 2.45 bits per heavy atom. The highest BCUT2D eigenvalue weighted by molar-refractivity contribution is 7.89. The molecule has 1 spiro atoms. The molecule has 5 fully saturated rings. The molecule has 1 atom stereocenters. The number of carbonyl (C=O) groups is 1. The van der Waals surface area contributed by atoms with Crippen LogP contribution in [0.2, 0.25) is 5.02 Å². The van der Waals surface area contributed by atoms with Crippen molar-refractivity contribution < 1.29 is 17.6 Å². The number of nitrogens with zero attached hydrogens (tertiary/aromatic N) is 3. The van der Waals surface area contributed by atoms with Gasteiger partial charge in [-0.05, 0) is 87.6 Å². The highest BCUT2D eigenvalue weighted by atomic mass is 35.5. The van der Waals surface area contributed by atoms with Crippen molar-refractivity contribution in [2.24, 2.45) is 15.8 Å². The van der Waals surface area contributed by atoms with Crippen LogP contribution in [-0.4, -0.2) is 59.6 Å². The minimum absolute atomic E-state index is 0.00366. The summed E-state index contributed by atoms with van der Waals surface area (Å²) in [5.74, 6) is 0.349. The van der Waals surface area contributed by atoms with Gasteiger partial charge in [0.25, 0.3) is 0 Å². The summed E-state index contributed by atoms with van der Waals surface area (Å²) in [6, 6.07) is 12.3. The van der Waals surface area contributed by atoms with E-state index in [0.717, 1.165) is 25.3 Å². The molecule has 212 valence electrons. The van der Waals surface area contributed by atoms with Crippen molar-refractivity contribution in [2.75, 3.05) is 13.1 Å². The molecule has 4 saturated carbocycles. The summed E-state index contributed by atoms with van der Waals surface area (Å²) in [4.78, 5) is 20.7. The molecular formula is C30H34ClFN4O3S. The molecule has 8 rings (SSSR count). The standard InChI is InChI=1S/C30H34ClFN4O3S/c1-27(2)24(25(37)35-13-12-28(19-35)10-11-28)33-26(34-27)29-16-30(17-29,18-29)36(15-20-8-9-22(31)23(32)14-20)40(38,39)21-6-4-3-5-7-21/h3-9,14,24H,10-13,15-19H2,1-2H3,(H,33,34)/t24-,29?,30?/m0/s1. The van der Waals surface area contributed by atoms with Gasteiger partial charge in [-0.25, -0.2) is 12.8 Å². The topological polar surface area (TPSA) is 82.1 Å². The summed E-state index contributed by atoms with van der Waals surface area (Å²) in [6.07, 6.45) is 5.35. The first kappa shape index (κ1) is 26.4. The molecule has 7 nitrogen and oxygen atoms in total. The van der Waals surface area contributed by atoms with Gasteiger partial charge in [0.2, 0.25) is 15.9 Å². The smallest absolute Gasteiger partial charge is 0.249 e. The first-order valence-corrected chi connectivity index (χ1v) is 15.9. The van der Waals surface area contributed by atoms with Gasteiger partial charge in [-0.1, -0.05) is 35.9 Å². The average Bonchev–Trinajstić information content (AvgIpc) is 3.37. The van der Waals surface area contributed by atoms with Crippen LogP contribution in [0, 0.1) is 16.6 Å². The van der Waals surface area contributed by atoms with E-state index in [1.165, 1.54) is 25.0 Å². The van der Waals surface area contributed by atoms with Crippen LogP contribution < -0.4 is 5.32 Å². The number of sulfonamides is 1. The summed E-state index contributed by atoms with van der Waals surface area (Å²) >= 11 is 5.89. The van der Waals surface area contributed by atoms with E-state index in [1.54, 1.807) is 40.7 Å². The fraction of sp³-hybridized carbons (Fsp3) is 0.533. The van der Waals surface area contributed by atoms with Crippen molar-refractivity contribution in [1.82, 2.24) is 14.5 Å². The SMILES string of the molecule is CC1(C)NC(C23CC(N(Cc4ccc(Cl)c(F)c4)S(=O)(=O)c4ccccc4)(C2)C3)=N[C@H]1C(=O)N1CCC2(CC2)C1. The quantitative estimate of drug-likeness (QED) is 0.509. The molecule has 6 aliphatic rings. The molecule has 4 aliphatic carbocycles. The summed E-state index contributed by atoms with van der Waals surface area (Å²) < 4.78 is 43.7. The predicted octanol–water partition coefficient (Wildman–Crippen LogP) is 4.75. The summed E-state index contributed by atoms with van der Waals surface area (Å²) in [7, 11) is -3.86. The van der Waals surface area contributed by atoms with Gasteiger partial charge in [0.1, 0.15) is 11.7 Å². The van der Waals surface area contributed by atoms with E-state index in [2.05, 4.69) is 5.32 Å². The molecule has 2 aromatic rings. The van der Waals surface area contributed by atoms with Gasteiger partial charge >= 0.3 is 0 Å². The molecule has 0 aromatic heterocycles. The second-order valence-corrected chi connectivity index (χ2v) is 15.6. The zero-order valence-corrected chi connectivity index (χ0v) is 24.4. The van der Waals surface area contributed by atoms with E-state index in [1.807, 2.05) is 18.7 Å². The lowest BCUT2D eigenvalue weighted by molar-refractivity contribution is -0.151. The Labute approximate surface area is 239 Å². The van der Waals surface area contributed by atoms with Crippen LogP contribution in [0.25, 0.3) is 0 Å². The Hall–Kier alpha value is -2.49. The minimum Gasteiger partial charge on any atom is -0.366 e. The molecule has 1 amide bonds. The molecule has 0 unspecified atom stereocenters. The maximum absolute atomic E-state index is 14.3. The Bertz CT molecular complexity index is 1520. The Kier molecular flexibility index (Phi) is 5.63. The zero-order valence-electron chi connectivity index (χ0n) is 22.8. The van der Waals surface area contributed by atoms with E-state index >= 15 is 0 Å². The van der Waals surface area contributed by atoms with Gasteiger partial charge in [0, 0.05) is 30.6 Å². The van der Waals surface area contributed by atoms with E-state index in [-0.39, 0.29) is 27.8 Å². The number of hydrogen-bond donors (Lipinski definition) is 1.